The highest BCUT2D eigenvalue weighted by Gasteiger charge is 2.07. The lowest BCUT2D eigenvalue weighted by molar-refractivity contribution is 0.0947. The number of oxazole rings is 1. The molecule has 0 aliphatic heterocycles. The summed E-state index contributed by atoms with van der Waals surface area (Å²) in [6, 6.07) is 7.40. The predicted molar refractivity (Wildman–Crippen MR) is 71.6 cm³/mol. The number of aryl methyl sites for hydroxylation is 1. The maximum absolute atomic E-state index is 11.8. The van der Waals surface area contributed by atoms with Crippen LogP contribution in [0, 0.1) is 10.5 Å². The Labute approximate surface area is 113 Å². The van der Waals surface area contributed by atoms with E-state index in [0.717, 1.165) is 9.33 Å². The van der Waals surface area contributed by atoms with Gasteiger partial charge in [0, 0.05) is 9.13 Å². The smallest absolute Gasteiger partial charge is 0.251 e. The first-order valence-corrected chi connectivity index (χ1v) is 6.18. The average molecular weight is 342 g/mol. The molecule has 0 aliphatic rings. The van der Waals surface area contributed by atoms with Gasteiger partial charge in [-0.3, -0.25) is 4.79 Å². The van der Waals surface area contributed by atoms with Crippen LogP contribution in [0.15, 0.2) is 34.9 Å². The number of benzene rings is 1. The molecule has 4 nitrogen and oxygen atoms in total. The SMILES string of the molecule is Cc1cnc(CNC(=O)c2cccc(I)c2)o1. The van der Waals surface area contributed by atoms with Crippen molar-refractivity contribution in [2.24, 2.45) is 0 Å². The lowest BCUT2D eigenvalue weighted by Gasteiger charge is -2.02. The normalized spacial score (nSPS) is 10.2. The molecule has 0 radical (unpaired) electrons. The Hall–Kier alpha value is -1.37. The second kappa shape index (κ2) is 5.31. The van der Waals surface area contributed by atoms with Gasteiger partial charge >= 0.3 is 0 Å². The molecule has 2 aromatic rings. The number of carbonyl (C=O) groups excluding carboxylic acids is 1. The van der Waals surface area contributed by atoms with Gasteiger partial charge in [0.15, 0.2) is 0 Å². The standard InChI is InChI=1S/C12H11IN2O2/c1-8-6-14-11(17-8)7-15-12(16)9-3-2-4-10(13)5-9/h2-6H,7H2,1H3,(H,15,16). The van der Waals surface area contributed by atoms with E-state index < -0.39 is 0 Å². The average Bonchev–Trinajstić information content (AvgIpc) is 2.72. The van der Waals surface area contributed by atoms with Crippen LogP contribution < -0.4 is 5.32 Å². The van der Waals surface area contributed by atoms with Gasteiger partial charge in [-0.1, -0.05) is 6.07 Å². The minimum absolute atomic E-state index is 0.126. The molecule has 1 amide bonds. The maximum atomic E-state index is 11.8. The van der Waals surface area contributed by atoms with Crippen LogP contribution >= 0.6 is 22.6 Å². The summed E-state index contributed by atoms with van der Waals surface area (Å²) in [6.07, 6.45) is 1.63. The van der Waals surface area contributed by atoms with Gasteiger partial charge in [0.1, 0.15) is 5.76 Å². The van der Waals surface area contributed by atoms with Crippen molar-refractivity contribution in [1.29, 1.82) is 0 Å². The monoisotopic (exact) mass is 342 g/mol. The summed E-state index contributed by atoms with van der Waals surface area (Å²) < 4.78 is 6.30. The second-order valence-electron chi connectivity index (χ2n) is 3.56. The van der Waals surface area contributed by atoms with Gasteiger partial charge in [0.25, 0.3) is 5.91 Å². The van der Waals surface area contributed by atoms with E-state index in [0.29, 0.717) is 18.0 Å². The molecule has 88 valence electrons. The van der Waals surface area contributed by atoms with Crippen LogP contribution in [0.25, 0.3) is 0 Å². The van der Waals surface area contributed by atoms with E-state index in [1.807, 2.05) is 25.1 Å². The number of hydrogen-bond acceptors (Lipinski definition) is 3. The van der Waals surface area contributed by atoms with Crippen LogP contribution in [0.5, 0.6) is 0 Å². The van der Waals surface area contributed by atoms with E-state index in [2.05, 4.69) is 32.9 Å². The summed E-state index contributed by atoms with van der Waals surface area (Å²) in [6.45, 7) is 2.12. The van der Waals surface area contributed by atoms with Gasteiger partial charge in [-0.25, -0.2) is 4.98 Å². The molecule has 1 aromatic heterocycles. The van der Waals surface area contributed by atoms with Crippen LogP contribution in [-0.4, -0.2) is 10.9 Å². The van der Waals surface area contributed by atoms with Crippen molar-refractivity contribution in [3.8, 4) is 0 Å². The number of nitrogens with zero attached hydrogens (tertiary/aromatic N) is 1. The Kier molecular flexibility index (Phi) is 3.78. The quantitative estimate of drug-likeness (QED) is 0.872. The van der Waals surface area contributed by atoms with Gasteiger partial charge in [-0.15, -0.1) is 0 Å². The van der Waals surface area contributed by atoms with Crippen molar-refractivity contribution in [1.82, 2.24) is 10.3 Å². The summed E-state index contributed by atoms with van der Waals surface area (Å²) in [4.78, 5) is 15.8. The van der Waals surface area contributed by atoms with Crippen molar-refractivity contribution >= 4 is 28.5 Å². The largest absolute Gasteiger partial charge is 0.444 e. The molecule has 0 saturated carbocycles. The number of aromatic nitrogens is 1. The molecular weight excluding hydrogens is 331 g/mol. The number of rotatable bonds is 3. The third-order valence-electron chi connectivity index (χ3n) is 2.16. The van der Waals surface area contributed by atoms with Gasteiger partial charge in [-0.2, -0.15) is 0 Å². The van der Waals surface area contributed by atoms with Gasteiger partial charge in [-0.05, 0) is 47.7 Å². The molecule has 5 heteroatoms. The second-order valence-corrected chi connectivity index (χ2v) is 4.80. The molecule has 2 rings (SSSR count). The topological polar surface area (TPSA) is 55.1 Å². The molecule has 0 atom stereocenters. The van der Waals surface area contributed by atoms with Gasteiger partial charge < -0.3 is 9.73 Å². The Morgan fingerprint density at radius 2 is 2.35 bits per heavy atom. The predicted octanol–water partition coefficient (Wildman–Crippen LogP) is 2.52. The molecule has 0 unspecified atom stereocenters. The van der Waals surface area contributed by atoms with Crippen molar-refractivity contribution in [2.45, 2.75) is 13.5 Å². The number of nitrogens with one attached hydrogen (secondary N) is 1. The molecule has 17 heavy (non-hydrogen) atoms. The fourth-order valence-corrected chi connectivity index (χ4v) is 1.91. The van der Waals surface area contributed by atoms with Crippen LogP contribution in [-0.2, 0) is 6.54 Å². The van der Waals surface area contributed by atoms with E-state index >= 15 is 0 Å². The van der Waals surface area contributed by atoms with Crippen LogP contribution in [0.2, 0.25) is 0 Å². The minimum Gasteiger partial charge on any atom is -0.444 e. The van der Waals surface area contributed by atoms with Crippen molar-refractivity contribution in [3.63, 3.8) is 0 Å². The minimum atomic E-state index is -0.126. The lowest BCUT2D eigenvalue weighted by atomic mass is 10.2. The van der Waals surface area contributed by atoms with Gasteiger partial charge in [0.2, 0.25) is 5.89 Å². The van der Waals surface area contributed by atoms with Crippen molar-refractivity contribution in [2.75, 3.05) is 0 Å². The Balaban J connectivity index is 1.98. The molecule has 0 spiro atoms. The molecule has 1 heterocycles. The molecule has 0 saturated heterocycles. The Morgan fingerprint density at radius 3 is 3.00 bits per heavy atom. The first-order chi connectivity index (χ1) is 8.15. The summed E-state index contributed by atoms with van der Waals surface area (Å²) in [5.74, 6) is 1.13. The van der Waals surface area contributed by atoms with Crippen LogP contribution in [0.3, 0.4) is 0 Å². The highest BCUT2D eigenvalue weighted by Crippen LogP contribution is 2.08. The van der Waals surface area contributed by atoms with E-state index in [4.69, 9.17) is 4.42 Å². The molecule has 0 bridgehead atoms. The molecule has 1 N–H and O–H groups in total. The van der Waals surface area contributed by atoms with Crippen molar-refractivity contribution < 1.29 is 9.21 Å². The van der Waals surface area contributed by atoms with E-state index in [1.54, 1.807) is 12.3 Å². The first kappa shape index (κ1) is 12.1. The zero-order chi connectivity index (χ0) is 12.3. The molecule has 0 fully saturated rings. The highest BCUT2D eigenvalue weighted by atomic mass is 127. The maximum Gasteiger partial charge on any atom is 0.251 e. The van der Waals surface area contributed by atoms with Crippen LogP contribution in [0.4, 0.5) is 0 Å². The lowest BCUT2D eigenvalue weighted by Crippen LogP contribution is -2.22. The summed E-state index contributed by atoms with van der Waals surface area (Å²) in [5.41, 5.74) is 0.639. The fourth-order valence-electron chi connectivity index (χ4n) is 1.37. The zero-order valence-corrected chi connectivity index (χ0v) is 11.4. The zero-order valence-electron chi connectivity index (χ0n) is 9.24. The highest BCUT2D eigenvalue weighted by molar-refractivity contribution is 14.1. The fraction of sp³-hybridized carbons (Fsp3) is 0.167. The summed E-state index contributed by atoms with van der Waals surface area (Å²) >= 11 is 2.17. The molecule has 1 aromatic carbocycles. The van der Waals surface area contributed by atoms with Gasteiger partial charge in [0.05, 0.1) is 12.7 Å². The number of amides is 1. The summed E-state index contributed by atoms with van der Waals surface area (Å²) in [5, 5.41) is 2.76. The third kappa shape index (κ3) is 3.29. The third-order valence-corrected chi connectivity index (χ3v) is 2.83. The van der Waals surface area contributed by atoms with E-state index in [1.165, 1.54) is 0 Å². The van der Waals surface area contributed by atoms with E-state index in [9.17, 15) is 4.79 Å². The molecule has 0 aliphatic carbocycles. The number of carbonyl (C=O) groups is 1. The van der Waals surface area contributed by atoms with Crippen molar-refractivity contribution in [3.05, 3.63) is 51.2 Å². The number of hydrogen-bond donors (Lipinski definition) is 1. The number of halogens is 1. The molecular formula is C12H11IN2O2. The first-order valence-electron chi connectivity index (χ1n) is 5.10. The Bertz CT molecular complexity index is 537. The van der Waals surface area contributed by atoms with E-state index in [-0.39, 0.29) is 5.91 Å². The van der Waals surface area contributed by atoms with Crippen LogP contribution in [0.1, 0.15) is 22.0 Å². The Morgan fingerprint density at radius 1 is 1.53 bits per heavy atom. The summed E-state index contributed by atoms with van der Waals surface area (Å²) in [7, 11) is 0.